The van der Waals surface area contributed by atoms with E-state index in [1.807, 2.05) is 19.9 Å². The van der Waals surface area contributed by atoms with Crippen molar-refractivity contribution in [3.8, 4) is 5.75 Å². The number of carboxylic acid groups (broad SMARTS) is 1. The zero-order valence-corrected chi connectivity index (χ0v) is 14.0. The number of allylic oxidation sites excluding steroid dienone is 2. The number of carboxylic acids is 1. The highest BCUT2D eigenvalue weighted by Crippen LogP contribution is 2.39. The quantitative estimate of drug-likeness (QED) is 0.654. The molecule has 128 valence electrons. The highest BCUT2D eigenvalue weighted by atomic mass is 16.5. The fraction of sp³-hybridized carbons (Fsp3) is 0.474. The van der Waals surface area contributed by atoms with Gasteiger partial charge in [-0.15, -0.1) is 0 Å². The van der Waals surface area contributed by atoms with Gasteiger partial charge in [0.2, 0.25) is 0 Å². The lowest BCUT2D eigenvalue weighted by molar-refractivity contribution is -0.141. The Kier molecular flexibility index (Phi) is 4.35. The largest absolute Gasteiger partial charge is 0.507 e. The minimum Gasteiger partial charge on any atom is -0.507 e. The van der Waals surface area contributed by atoms with Crippen LogP contribution in [-0.2, 0) is 29.0 Å². The Hall–Kier alpha value is -2.30. The third-order valence-corrected chi connectivity index (χ3v) is 5.27. The van der Waals surface area contributed by atoms with E-state index < -0.39 is 11.9 Å². The van der Waals surface area contributed by atoms with E-state index in [1.165, 1.54) is 0 Å². The van der Waals surface area contributed by atoms with Gasteiger partial charge in [0.05, 0.1) is 5.92 Å². The summed E-state index contributed by atoms with van der Waals surface area (Å²) in [5.41, 5.74) is 5.03. The van der Waals surface area contributed by atoms with E-state index in [0.717, 1.165) is 40.7 Å². The van der Waals surface area contributed by atoms with Gasteiger partial charge >= 0.3 is 11.9 Å². The molecule has 2 N–H and O–H groups in total. The summed E-state index contributed by atoms with van der Waals surface area (Å²) in [6.07, 6.45) is 5.32. The second-order valence-corrected chi connectivity index (χ2v) is 6.56. The third kappa shape index (κ3) is 2.68. The highest BCUT2D eigenvalue weighted by molar-refractivity contribution is 5.97. The van der Waals surface area contributed by atoms with E-state index in [9.17, 15) is 14.7 Å². The number of carbonyl (C=O) groups is 2. The Morgan fingerprint density at radius 1 is 1.38 bits per heavy atom. The molecule has 0 bridgehead atoms. The van der Waals surface area contributed by atoms with Crippen LogP contribution < -0.4 is 0 Å². The number of rotatable bonds is 4. The predicted octanol–water partition coefficient (Wildman–Crippen LogP) is 3.29. The summed E-state index contributed by atoms with van der Waals surface area (Å²) < 4.78 is 5.08. The molecule has 5 nitrogen and oxygen atoms in total. The lowest BCUT2D eigenvalue weighted by Gasteiger charge is -2.16. The molecule has 2 aliphatic rings. The second-order valence-electron chi connectivity index (χ2n) is 6.56. The number of aliphatic carboxylic acids is 1. The lowest BCUT2D eigenvalue weighted by atomic mass is 9.89. The second kappa shape index (κ2) is 6.30. The van der Waals surface area contributed by atoms with Crippen molar-refractivity contribution in [3.05, 3.63) is 39.5 Å². The summed E-state index contributed by atoms with van der Waals surface area (Å²) in [7, 11) is 0. The molecule has 0 saturated heterocycles. The van der Waals surface area contributed by atoms with Crippen molar-refractivity contribution in [2.75, 3.05) is 0 Å². The van der Waals surface area contributed by atoms with Crippen molar-refractivity contribution in [1.82, 2.24) is 0 Å². The van der Waals surface area contributed by atoms with Crippen LogP contribution >= 0.6 is 0 Å². The smallest absolute Gasteiger partial charge is 0.342 e. The first-order valence-electron chi connectivity index (χ1n) is 8.38. The zero-order chi connectivity index (χ0) is 17.4. The Morgan fingerprint density at radius 3 is 2.75 bits per heavy atom. The molecule has 0 radical (unpaired) electrons. The molecule has 0 aromatic heterocycles. The molecule has 24 heavy (non-hydrogen) atoms. The van der Waals surface area contributed by atoms with Crippen molar-refractivity contribution >= 4 is 11.9 Å². The number of cyclic esters (lactones) is 1. The molecular weight excluding hydrogens is 308 g/mol. The van der Waals surface area contributed by atoms with E-state index in [1.54, 1.807) is 0 Å². The first-order valence-corrected chi connectivity index (χ1v) is 8.38. The molecule has 1 atom stereocenters. The Labute approximate surface area is 140 Å². The molecule has 1 saturated carbocycles. The van der Waals surface area contributed by atoms with Crippen LogP contribution in [0.3, 0.4) is 0 Å². The Morgan fingerprint density at radius 2 is 2.12 bits per heavy atom. The number of benzene rings is 1. The molecule has 1 fully saturated rings. The van der Waals surface area contributed by atoms with E-state index in [-0.39, 0.29) is 18.3 Å². The number of phenolic OH excluding ortho intramolecular Hbond substituents is 1. The maximum atomic E-state index is 11.9. The molecule has 1 aromatic carbocycles. The molecular formula is C19H22O5. The van der Waals surface area contributed by atoms with Gasteiger partial charge in [-0.05, 0) is 50.2 Å². The number of esters is 1. The summed E-state index contributed by atoms with van der Waals surface area (Å²) in [5.74, 6) is -1.48. The van der Waals surface area contributed by atoms with Crippen LogP contribution in [-0.4, -0.2) is 22.2 Å². The molecule has 1 heterocycles. The topological polar surface area (TPSA) is 83.8 Å². The van der Waals surface area contributed by atoms with E-state index >= 15 is 0 Å². The Bertz CT molecular complexity index is 745. The van der Waals surface area contributed by atoms with E-state index in [0.29, 0.717) is 24.8 Å². The highest BCUT2D eigenvalue weighted by Gasteiger charge is 2.31. The van der Waals surface area contributed by atoms with Crippen LogP contribution in [0.4, 0.5) is 0 Å². The molecule has 0 spiro atoms. The van der Waals surface area contributed by atoms with Gasteiger partial charge in [0.1, 0.15) is 17.9 Å². The molecule has 1 unspecified atom stereocenters. The zero-order valence-electron chi connectivity index (χ0n) is 14.0. The molecule has 1 aliphatic carbocycles. The van der Waals surface area contributed by atoms with Crippen LogP contribution in [0.15, 0.2) is 11.6 Å². The van der Waals surface area contributed by atoms with Crippen LogP contribution in [0.5, 0.6) is 5.75 Å². The first kappa shape index (κ1) is 16.6. The number of hydrogen-bond acceptors (Lipinski definition) is 4. The summed E-state index contributed by atoms with van der Waals surface area (Å²) in [6, 6.07) is 0. The lowest BCUT2D eigenvalue weighted by Crippen LogP contribution is -2.08. The maximum absolute atomic E-state index is 11.9. The fourth-order valence-corrected chi connectivity index (χ4v) is 3.86. The van der Waals surface area contributed by atoms with Crippen LogP contribution in [0.2, 0.25) is 0 Å². The predicted molar refractivity (Wildman–Crippen MR) is 88.1 cm³/mol. The SMILES string of the molecule is CCc1c(C)c2c(c(O)c1C/C=C1\CCC(C(=O)O)C1)C(=O)OC2. The molecule has 3 rings (SSSR count). The summed E-state index contributed by atoms with van der Waals surface area (Å²) in [5, 5.41) is 19.7. The number of hydrogen-bond donors (Lipinski definition) is 2. The average Bonchev–Trinajstić information content (AvgIpc) is 3.16. The number of fused-ring (bicyclic) bond motifs is 1. The third-order valence-electron chi connectivity index (χ3n) is 5.27. The van der Waals surface area contributed by atoms with Crippen molar-refractivity contribution in [2.45, 2.75) is 52.6 Å². The number of ether oxygens (including phenoxy) is 1. The molecule has 0 amide bonds. The Balaban J connectivity index is 1.94. The van der Waals surface area contributed by atoms with Gasteiger partial charge in [0.15, 0.2) is 0 Å². The van der Waals surface area contributed by atoms with Crippen LogP contribution in [0.1, 0.15) is 58.8 Å². The minimum atomic E-state index is -0.744. The number of phenols is 1. The fourth-order valence-electron chi connectivity index (χ4n) is 3.86. The molecule has 5 heteroatoms. The summed E-state index contributed by atoms with van der Waals surface area (Å²) in [4.78, 5) is 23.0. The maximum Gasteiger partial charge on any atom is 0.342 e. The number of carbonyl (C=O) groups excluding carboxylic acids is 1. The normalized spacial score (nSPS) is 21.2. The van der Waals surface area contributed by atoms with Crippen molar-refractivity contribution in [3.63, 3.8) is 0 Å². The van der Waals surface area contributed by atoms with Gasteiger partial charge in [0, 0.05) is 11.1 Å². The monoisotopic (exact) mass is 330 g/mol. The van der Waals surface area contributed by atoms with Crippen LogP contribution in [0.25, 0.3) is 0 Å². The van der Waals surface area contributed by atoms with Gasteiger partial charge in [0.25, 0.3) is 0 Å². The van der Waals surface area contributed by atoms with Crippen molar-refractivity contribution < 1.29 is 24.5 Å². The van der Waals surface area contributed by atoms with Crippen LogP contribution in [0, 0.1) is 12.8 Å². The summed E-state index contributed by atoms with van der Waals surface area (Å²) in [6.45, 7) is 4.21. The van der Waals surface area contributed by atoms with Gasteiger partial charge in [-0.2, -0.15) is 0 Å². The average molecular weight is 330 g/mol. The first-order chi connectivity index (χ1) is 11.4. The van der Waals surface area contributed by atoms with Gasteiger partial charge in [-0.3, -0.25) is 4.79 Å². The van der Waals surface area contributed by atoms with Gasteiger partial charge < -0.3 is 14.9 Å². The molecule has 1 aromatic rings. The van der Waals surface area contributed by atoms with Crippen molar-refractivity contribution in [2.24, 2.45) is 5.92 Å². The molecule has 1 aliphatic heterocycles. The van der Waals surface area contributed by atoms with Gasteiger partial charge in [-0.25, -0.2) is 4.79 Å². The van der Waals surface area contributed by atoms with E-state index in [4.69, 9.17) is 9.84 Å². The van der Waals surface area contributed by atoms with E-state index in [2.05, 4.69) is 0 Å². The van der Waals surface area contributed by atoms with Gasteiger partial charge in [-0.1, -0.05) is 18.6 Å². The standard InChI is InChI=1S/C19H22O5/c1-3-13-10(2)15-9-24-19(23)16(15)17(20)14(13)7-5-11-4-6-12(8-11)18(21)22/h5,12,20H,3-4,6-9H2,1-2H3,(H,21,22)/b11-5+. The minimum absolute atomic E-state index is 0.0274. The van der Waals surface area contributed by atoms with Crippen molar-refractivity contribution in [1.29, 1.82) is 0 Å². The summed E-state index contributed by atoms with van der Waals surface area (Å²) >= 11 is 0. The number of aromatic hydroxyl groups is 1.